The van der Waals surface area contributed by atoms with Crippen LogP contribution in [-0.4, -0.2) is 223 Å². The lowest BCUT2D eigenvalue weighted by Gasteiger charge is -2.33. The number of carbonyl (C=O) groups is 8. The molecule has 1 saturated heterocycles. The maximum Gasteiger partial charge on any atom is 0.325 e. The molecule has 80 heavy (non-hydrogen) atoms. The van der Waals surface area contributed by atoms with Crippen molar-refractivity contribution in [3.05, 3.63) is 46.6 Å². The first-order chi connectivity index (χ1) is 37.8. The molecule has 0 spiro atoms. The number of hydrogen-bond donors (Lipinski definition) is 6. The Kier molecular flexibility index (Phi) is 27.7. The fourth-order valence-electron chi connectivity index (χ4n) is 9.42. The van der Waals surface area contributed by atoms with Crippen LogP contribution in [0.2, 0.25) is 0 Å². The second-order valence-corrected chi connectivity index (χ2v) is 23.7. The van der Waals surface area contributed by atoms with Crippen molar-refractivity contribution in [2.75, 3.05) is 123 Å². The van der Waals surface area contributed by atoms with E-state index in [0.29, 0.717) is 82.1 Å². The summed E-state index contributed by atoms with van der Waals surface area (Å²) >= 11 is 0. The van der Waals surface area contributed by atoms with E-state index < -0.39 is 55.6 Å². The molecule has 2 atom stereocenters. The predicted molar refractivity (Wildman–Crippen MR) is 297 cm³/mol. The third-order valence-corrected chi connectivity index (χ3v) is 15.8. The van der Waals surface area contributed by atoms with Crippen molar-refractivity contribution in [2.24, 2.45) is 0 Å². The molecule has 27 heteroatoms. The van der Waals surface area contributed by atoms with Crippen molar-refractivity contribution >= 4 is 72.8 Å². The zero-order valence-corrected chi connectivity index (χ0v) is 48.7. The molecule has 446 valence electrons. The highest BCUT2D eigenvalue weighted by Crippen LogP contribution is 2.27. The van der Waals surface area contributed by atoms with Gasteiger partial charge in [-0.1, -0.05) is 6.07 Å². The molecule has 3 heterocycles. The van der Waals surface area contributed by atoms with Gasteiger partial charge in [0.2, 0.25) is 27.7 Å². The van der Waals surface area contributed by atoms with Crippen molar-refractivity contribution in [3.8, 4) is 5.75 Å². The number of esters is 1. The summed E-state index contributed by atoms with van der Waals surface area (Å²) in [4.78, 5) is 113. The van der Waals surface area contributed by atoms with Gasteiger partial charge in [-0.25, -0.2) is 13.4 Å². The quantitative estimate of drug-likeness (QED) is 0.0329. The Balaban J connectivity index is 1.22. The highest BCUT2D eigenvalue weighted by Gasteiger charge is 2.31. The number of anilines is 1. The van der Waals surface area contributed by atoms with Gasteiger partial charge in [-0.2, -0.15) is 13.1 Å². The Morgan fingerprint density at radius 3 is 1.77 bits per heavy atom. The molecule has 2 aliphatic rings. The molecule has 1 aromatic heterocycles. The molecule has 0 aliphatic carbocycles. The maximum absolute atomic E-state index is 13.7. The number of aryl methyl sites for hydroxylation is 4. The molecule has 3 amide bonds. The average Bonchev–Trinajstić information content (AvgIpc) is 3.37. The summed E-state index contributed by atoms with van der Waals surface area (Å²) in [5.41, 5.74) is 2.62. The molecule has 6 N–H and O–H groups in total. The first-order valence-corrected chi connectivity index (χ1v) is 30.1. The second kappa shape index (κ2) is 33.2. The smallest absolute Gasteiger partial charge is 0.325 e. The SMILES string of the molecule is COC(=O)C(CNC(=O)CCCc1ccc2c(n1)NCCC2)NS(=O)(=O)c1c(C)cc(OCCCC(=O)NCCCC(=O)[C@H](CS(=O)(=O)O)NC(=O)CN2CCN(CC(C)=O)CCN(CC(C)=O)CCN(CC(C)=O)CC2)cc1C. The maximum atomic E-state index is 13.7. The molecule has 1 unspecified atom stereocenters. The van der Waals surface area contributed by atoms with Crippen molar-refractivity contribution in [1.82, 2.24) is 45.3 Å². The largest absolute Gasteiger partial charge is 0.494 e. The van der Waals surface area contributed by atoms with Crippen LogP contribution in [0, 0.1) is 13.8 Å². The lowest BCUT2D eigenvalue weighted by Crippen LogP contribution is -2.52. The van der Waals surface area contributed by atoms with Crippen LogP contribution >= 0.6 is 0 Å². The van der Waals surface area contributed by atoms with Gasteiger partial charge in [-0.3, -0.25) is 62.5 Å². The van der Waals surface area contributed by atoms with Crippen LogP contribution in [0.3, 0.4) is 0 Å². The van der Waals surface area contributed by atoms with Crippen molar-refractivity contribution in [3.63, 3.8) is 0 Å². The number of ketones is 4. The van der Waals surface area contributed by atoms with E-state index in [2.05, 4.69) is 31.0 Å². The number of carbonyl (C=O) groups excluding carboxylic acids is 8. The number of amides is 3. The minimum atomic E-state index is -4.73. The number of pyridine rings is 1. The minimum Gasteiger partial charge on any atom is -0.494 e. The number of benzene rings is 1. The van der Waals surface area contributed by atoms with E-state index in [0.717, 1.165) is 43.6 Å². The Morgan fingerprint density at radius 2 is 1.24 bits per heavy atom. The third kappa shape index (κ3) is 24.9. The zero-order valence-electron chi connectivity index (χ0n) is 47.1. The number of nitrogens with one attached hydrogen (secondary N) is 5. The van der Waals surface area contributed by atoms with Gasteiger partial charge in [-0.15, -0.1) is 0 Å². The van der Waals surface area contributed by atoms with Crippen LogP contribution in [-0.2, 0) is 76.1 Å². The highest BCUT2D eigenvalue weighted by molar-refractivity contribution is 7.89. The number of methoxy groups -OCH3 is 1. The normalized spacial score (nSPS) is 16.1. The van der Waals surface area contributed by atoms with Gasteiger partial charge in [0.25, 0.3) is 10.1 Å². The molecule has 25 nitrogen and oxygen atoms in total. The monoisotopic (exact) mass is 1160 g/mol. The Hall–Kier alpha value is -5.81. The standard InChI is InChI=1S/C53H82N10O15S2/c1-37-29-44(30-38(2)51(37)80(75,76)59-45(53(71)77-6)31-56-49(69)14-7-12-43-17-16-42-11-8-19-55-52(42)57-43)78-28-10-15-48(68)54-18-9-13-47(67)46(36-79(72,73)74)58-50(70)35-63-26-24-61(33-40(4)65)22-20-60(32-39(3)64)21-23-62(25-27-63)34-41(5)66/h16-17,29-30,45-46,59H,7-15,18-28,31-36H2,1-6H3,(H,54,68)(H,55,57)(H,56,69)(H,58,70)(H,72,73,74)/t45?,46-/m0/s1. The number of rotatable bonds is 31. The predicted octanol–water partition coefficient (Wildman–Crippen LogP) is 0.00124. The Bertz CT molecular complexity index is 2660. The van der Waals surface area contributed by atoms with Crippen LogP contribution in [0.5, 0.6) is 5.75 Å². The minimum absolute atomic E-state index is 0.0166. The summed E-state index contributed by atoms with van der Waals surface area (Å²) in [6, 6.07) is 3.97. The Labute approximate surface area is 470 Å². The molecule has 0 bridgehead atoms. The molecule has 0 radical (unpaired) electrons. The molecule has 2 aliphatic heterocycles. The summed E-state index contributed by atoms with van der Waals surface area (Å²) < 4.78 is 74.1. The fraction of sp³-hybridized carbons (Fsp3) is 0.642. The number of aromatic nitrogens is 1. The van der Waals surface area contributed by atoms with E-state index in [1.165, 1.54) is 32.9 Å². The van der Waals surface area contributed by atoms with Crippen LogP contribution in [0.15, 0.2) is 29.2 Å². The Morgan fingerprint density at radius 1 is 0.700 bits per heavy atom. The number of nitrogens with zero attached hydrogens (tertiary/aromatic N) is 5. The molecule has 1 fully saturated rings. The van der Waals surface area contributed by atoms with Crippen LogP contribution in [0.4, 0.5) is 5.82 Å². The van der Waals surface area contributed by atoms with Crippen molar-refractivity contribution in [1.29, 1.82) is 0 Å². The third-order valence-electron chi connectivity index (χ3n) is 13.3. The molecule has 0 saturated carbocycles. The van der Waals surface area contributed by atoms with E-state index >= 15 is 0 Å². The van der Waals surface area contributed by atoms with E-state index in [1.54, 1.807) is 18.7 Å². The molecule has 2 aromatic rings. The number of fused-ring (bicyclic) bond motifs is 1. The average molecular weight is 1160 g/mol. The van der Waals surface area contributed by atoms with E-state index in [-0.39, 0.29) is 112 Å². The van der Waals surface area contributed by atoms with Gasteiger partial charge in [0, 0.05) is 96.9 Å². The second-order valence-electron chi connectivity index (χ2n) is 20.5. The molecule has 4 rings (SSSR count). The number of ether oxygens (including phenoxy) is 2. The lowest BCUT2D eigenvalue weighted by atomic mass is 10.1. The topological polar surface area (TPSA) is 330 Å². The van der Waals surface area contributed by atoms with Crippen molar-refractivity contribution in [2.45, 2.75) is 109 Å². The van der Waals surface area contributed by atoms with Gasteiger partial charge in [0.1, 0.15) is 46.8 Å². The number of sulfonamides is 1. The summed E-state index contributed by atoms with van der Waals surface area (Å²) in [5.74, 6) is -3.05. The van der Waals surface area contributed by atoms with E-state index in [4.69, 9.17) is 9.47 Å². The summed E-state index contributed by atoms with van der Waals surface area (Å²) in [5, 5.41) is 11.1. The van der Waals surface area contributed by atoms with Crippen molar-refractivity contribution < 1.29 is 69.2 Å². The lowest BCUT2D eigenvalue weighted by molar-refractivity contribution is -0.142. The van der Waals surface area contributed by atoms with Gasteiger partial charge in [0.15, 0.2) is 5.78 Å². The first kappa shape index (κ1) is 66.7. The van der Waals surface area contributed by atoms with Gasteiger partial charge >= 0.3 is 5.97 Å². The summed E-state index contributed by atoms with van der Waals surface area (Å²) in [6.45, 7) is 11.6. The van der Waals surface area contributed by atoms with Crippen LogP contribution in [0.25, 0.3) is 0 Å². The number of hydrogen-bond acceptors (Lipinski definition) is 20. The summed E-state index contributed by atoms with van der Waals surface area (Å²) in [7, 11) is -7.95. The summed E-state index contributed by atoms with van der Waals surface area (Å²) in [6.07, 6.45) is 3.28. The van der Waals surface area contributed by atoms with Crippen LogP contribution < -0.4 is 30.7 Å². The first-order valence-electron chi connectivity index (χ1n) is 27.1. The van der Waals surface area contributed by atoms with Crippen LogP contribution in [0.1, 0.15) is 88.1 Å². The van der Waals surface area contributed by atoms with Gasteiger partial charge < -0.3 is 30.7 Å². The highest BCUT2D eigenvalue weighted by atomic mass is 32.2. The molecule has 1 aromatic carbocycles. The zero-order chi connectivity index (χ0) is 59.0. The van der Waals surface area contributed by atoms with Gasteiger partial charge in [-0.05, 0) is 108 Å². The fourth-order valence-corrected chi connectivity index (χ4v) is 11.8. The molecular weight excluding hydrogens is 1080 g/mol. The van der Waals surface area contributed by atoms with E-state index in [1.807, 2.05) is 26.8 Å². The molecular formula is C53H82N10O15S2. The van der Waals surface area contributed by atoms with E-state index in [9.17, 15) is 59.7 Å². The van der Waals surface area contributed by atoms with Gasteiger partial charge in [0.05, 0.1) is 44.8 Å². The number of Topliss-reactive ketones (excluding diaryl/α,β-unsaturated/α-hetero) is 4.